The molecule has 0 aliphatic carbocycles. The molecule has 0 radical (unpaired) electrons. The number of esters is 1. The van der Waals surface area contributed by atoms with E-state index in [9.17, 15) is 14.4 Å². The highest BCUT2D eigenvalue weighted by molar-refractivity contribution is 5.92. The number of benzene rings is 2. The van der Waals surface area contributed by atoms with Crippen LogP contribution in [0.5, 0.6) is 0 Å². The summed E-state index contributed by atoms with van der Waals surface area (Å²) in [7, 11) is 0. The first-order chi connectivity index (χ1) is 22.9. The number of amides is 4. The fraction of sp³-hybridized carbons (Fsp3) is 0.444. The molecule has 2 aromatic carbocycles. The smallest absolute Gasteiger partial charge is 0.329 e. The Morgan fingerprint density at radius 1 is 1.02 bits per heavy atom. The van der Waals surface area contributed by atoms with E-state index in [2.05, 4.69) is 50.3 Å². The number of hydrazone groups is 1. The SMILES string of the molecule is C/C=C(\C=C1\C=NNC1)CC(NC(=O)N1CCC(N2Cc3ccccc3NC2=O)CC1)C(=O)OC1CCN(Cc2ccccc2)CC1. The first-order valence-electron chi connectivity index (χ1n) is 16.7. The van der Waals surface area contributed by atoms with Crippen molar-refractivity contribution in [2.45, 2.75) is 70.3 Å². The third-order valence-electron chi connectivity index (χ3n) is 9.49. The van der Waals surface area contributed by atoms with Crippen molar-refractivity contribution in [1.82, 2.24) is 25.4 Å². The number of urea groups is 2. The molecule has 4 heterocycles. The number of hydrogen-bond acceptors (Lipinski definition) is 7. The largest absolute Gasteiger partial charge is 0.461 e. The number of hydrogen-bond donors (Lipinski definition) is 3. The van der Waals surface area contributed by atoms with E-state index in [0.717, 1.165) is 54.9 Å². The summed E-state index contributed by atoms with van der Waals surface area (Å²) in [5.74, 6) is -0.408. The molecule has 0 saturated carbocycles. The molecule has 4 aliphatic heterocycles. The number of anilines is 1. The van der Waals surface area contributed by atoms with Gasteiger partial charge >= 0.3 is 18.0 Å². The molecule has 6 rings (SSSR count). The van der Waals surface area contributed by atoms with Gasteiger partial charge in [-0.25, -0.2) is 14.4 Å². The molecule has 11 nitrogen and oxygen atoms in total. The number of likely N-dealkylation sites (tertiary alicyclic amines) is 2. The highest BCUT2D eigenvalue weighted by Crippen LogP contribution is 2.28. The number of para-hydroxylation sites is 1. The molecule has 2 saturated heterocycles. The van der Waals surface area contributed by atoms with Crippen molar-refractivity contribution in [2.75, 3.05) is 38.0 Å². The Bertz CT molecular complexity index is 1510. The van der Waals surface area contributed by atoms with Gasteiger partial charge in [0.25, 0.3) is 0 Å². The fourth-order valence-electron chi connectivity index (χ4n) is 6.74. The van der Waals surface area contributed by atoms with E-state index >= 15 is 0 Å². The first kappa shape index (κ1) is 32.3. The summed E-state index contributed by atoms with van der Waals surface area (Å²) in [6.07, 6.45) is 8.69. The van der Waals surface area contributed by atoms with Gasteiger partial charge in [-0.05, 0) is 60.9 Å². The summed E-state index contributed by atoms with van der Waals surface area (Å²) >= 11 is 0. The lowest BCUT2D eigenvalue weighted by Gasteiger charge is -2.40. The molecule has 0 bridgehead atoms. The van der Waals surface area contributed by atoms with Crippen LogP contribution >= 0.6 is 0 Å². The van der Waals surface area contributed by atoms with Gasteiger partial charge in [0.2, 0.25) is 0 Å². The molecule has 0 spiro atoms. The van der Waals surface area contributed by atoms with Crippen LogP contribution in [-0.2, 0) is 22.6 Å². The topological polar surface area (TPSA) is 119 Å². The molecule has 11 heteroatoms. The highest BCUT2D eigenvalue weighted by Gasteiger charge is 2.34. The van der Waals surface area contributed by atoms with Crippen molar-refractivity contribution in [3.8, 4) is 0 Å². The Hall–Kier alpha value is -4.64. The van der Waals surface area contributed by atoms with E-state index in [4.69, 9.17) is 4.74 Å². The van der Waals surface area contributed by atoms with E-state index in [1.807, 2.05) is 54.3 Å². The summed E-state index contributed by atoms with van der Waals surface area (Å²) in [4.78, 5) is 46.1. The van der Waals surface area contributed by atoms with Crippen molar-refractivity contribution >= 4 is 29.9 Å². The molecule has 47 heavy (non-hydrogen) atoms. The maximum Gasteiger partial charge on any atom is 0.329 e. The molecule has 4 amide bonds. The second-order valence-electron chi connectivity index (χ2n) is 12.7. The number of nitrogens with zero attached hydrogens (tertiary/aromatic N) is 4. The van der Waals surface area contributed by atoms with Gasteiger partial charge in [-0.2, -0.15) is 5.10 Å². The summed E-state index contributed by atoms with van der Waals surface area (Å²) in [6, 6.07) is 17.0. The summed E-state index contributed by atoms with van der Waals surface area (Å²) in [5, 5.41) is 10.1. The van der Waals surface area contributed by atoms with Crippen LogP contribution in [0.1, 0.15) is 50.2 Å². The quantitative estimate of drug-likeness (QED) is 0.345. The number of carbonyl (C=O) groups excluding carboxylic acids is 3. The molecule has 2 fully saturated rings. The second-order valence-corrected chi connectivity index (χ2v) is 12.7. The Morgan fingerprint density at radius 3 is 2.49 bits per heavy atom. The average Bonchev–Trinajstić information content (AvgIpc) is 3.62. The number of nitrogens with one attached hydrogen (secondary N) is 3. The second kappa shape index (κ2) is 15.3. The summed E-state index contributed by atoms with van der Waals surface area (Å²) in [5.41, 5.74) is 8.08. The van der Waals surface area contributed by atoms with Crippen LogP contribution in [0.25, 0.3) is 0 Å². The minimum atomic E-state index is -0.832. The zero-order valence-corrected chi connectivity index (χ0v) is 27.1. The summed E-state index contributed by atoms with van der Waals surface area (Å²) < 4.78 is 6.06. The molecular formula is C36H45N7O4. The third kappa shape index (κ3) is 8.40. The Morgan fingerprint density at radius 2 is 1.77 bits per heavy atom. The van der Waals surface area contributed by atoms with E-state index in [-0.39, 0.29) is 24.2 Å². The van der Waals surface area contributed by atoms with Gasteiger partial charge in [0, 0.05) is 57.4 Å². The van der Waals surface area contributed by atoms with E-state index < -0.39 is 12.0 Å². The highest BCUT2D eigenvalue weighted by atomic mass is 16.5. The average molecular weight is 640 g/mol. The van der Waals surface area contributed by atoms with Gasteiger partial charge in [0.05, 0.1) is 12.8 Å². The number of fused-ring (bicyclic) bond motifs is 1. The molecule has 1 unspecified atom stereocenters. The van der Waals surface area contributed by atoms with Gasteiger partial charge in [-0.1, -0.05) is 60.7 Å². The lowest BCUT2D eigenvalue weighted by atomic mass is 10.0. The summed E-state index contributed by atoms with van der Waals surface area (Å²) in [6.45, 7) is 6.66. The van der Waals surface area contributed by atoms with Crippen LogP contribution in [0, 0.1) is 0 Å². The zero-order chi connectivity index (χ0) is 32.6. The maximum atomic E-state index is 13.7. The monoisotopic (exact) mass is 639 g/mol. The minimum absolute atomic E-state index is 0.0314. The number of rotatable bonds is 9. The van der Waals surface area contributed by atoms with Crippen molar-refractivity contribution in [3.63, 3.8) is 0 Å². The molecule has 3 N–H and O–H groups in total. The van der Waals surface area contributed by atoms with E-state index in [1.165, 1.54) is 5.56 Å². The van der Waals surface area contributed by atoms with Crippen molar-refractivity contribution in [2.24, 2.45) is 5.10 Å². The number of piperidine rings is 2. The predicted octanol–water partition coefficient (Wildman–Crippen LogP) is 4.64. The maximum absolute atomic E-state index is 13.7. The van der Waals surface area contributed by atoms with Gasteiger partial charge < -0.3 is 30.6 Å². The third-order valence-corrected chi connectivity index (χ3v) is 9.49. The van der Waals surface area contributed by atoms with Crippen molar-refractivity contribution in [1.29, 1.82) is 0 Å². The lowest BCUT2D eigenvalue weighted by Crippen LogP contribution is -2.54. The molecule has 248 valence electrons. The first-order valence-corrected chi connectivity index (χ1v) is 16.7. The molecular weight excluding hydrogens is 594 g/mol. The standard InChI is InChI=1S/C36H45N7O4/c1-2-26(20-28-22-37-38-23-28)21-33(34(44)47-31-14-16-41(17-15-31)24-27-8-4-3-5-9-27)40-35(45)42-18-12-30(13-19-42)43-25-29-10-6-7-11-32(29)39-36(43)46/h2-11,20,22,30-31,33,38H,12-19,21,23-25H2,1H3,(H,39,46)(H,40,45)/b26-2+,28-20-. The Kier molecular flexibility index (Phi) is 10.5. The Balaban J connectivity index is 1.05. The van der Waals surface area contributed by atoms with Crippen LogP contribution in [0.3, 0.4) is 0 Å². The van der Waals surface area contributed by atoms with Gasteiger partial charge in [-0.15, -0.1) is 0 Å². The Labute approximate surface area is 276 Å². The number of ether oxygens (including phenoxy) is 1. The van der Waals surface area contributed by atoms with Crippen molar-refractivity contribution in [3.05, 3.63) is 89.0 Å². The van der Waals surface area contributed by atoms with Gasteiger partial charge in [-0.3, -0.25) is 4.90 Å². The van der Waals surface area contributed by atoms with Crippen LogP contribution in [-0.4, -0.2) is 89.9 Å². The van der Waals surface area contributed by atoms with Crippen LogP contribution in [0.2, 0.25) is 0 Å². The van der Waals surface area contributed by atoms with Gasteiger partial charge in [0.15, 0.2) is 0 Å². The molecule has 1 atom stereocenters. The zero-order valence-electron chi connectivity index (χ0n) is 27.1. The van der Waals surface area contributed by atoms with Crippen molar-refractivity contribution < 1.29 is 19.1 Å². The van der Waals surface area contributed by atoms with E-state index in [1.54, 1.807) is 11.1 Å². The normalized spacial score (nSPS) is 20.8. The van der Waals surface area contributed by atoms with Gasteiger partial charge in [0.1, 0.15) is 12.1 Å². The van der Waals surface area contributed by atoms with E-state index in [0.29, 0.717) is 45.4 Å². The molecule has 4 aliphatic rings. The minimum Gasteiger partial charge on any atom is -0.461 e. The van der Waals surface area contributed by atoms with Crippen LogP contribution < -0.4 is 16.1 Å². The lowest BCUT2D eigenvalue weighted by molar-refractivity contribution is -0.153. The number of allylic oxidation sites excluding steroid dienone is 2. The molecule has 2 aromatic rings. The fourth-order valence-corrected chi connectivity index (χ4v) is 6.74. The van der Waals surface area contributed by atoms with Crippen LogP contribution in [0.15, 0.2) is 83.0 Å². The predicted molar refractivity (Wildman–Crippen MR) is 182 cm³/mol. The van der Waals surface area contributed by atoms with Crippen LogP contribution in [0.4, 0.5) is 15.3 Å². The number of carbonyl (C=O) groups is 3. The molecule has 0 aromatic heterocycles.